The first-order chi connectivity index (χ1) is 12.1. The number of ether oxygens (including phenoxy) is 1. The first-order valence-corrected chi connectivity index (χ1v) is 9.90. The van der Waals surface area contributed by atoms with Crippen molar-refractivity contribution in [2.24, 2.45) is 4.99 Å². The highest BCUT2D eigenvalue weighted by Gasteiger charge is 2.24. The molecule has 1 amide bonds. The highest BCUT2D eigenvalue weighted by atomic mass is 127. The van der Waals surface area contributed by atoms with Gasteiger partial charge in [-0.1, -0.05) is 6.07 Å². The summed E-state index contributed by atoms with van der Waals surface area (Å²) in [4.78, 5) is 15.4. The molecule has 1 aromatic carbocycles. The number of rotatable bonds is 7. The molecule has 0 bridgehead atoms. The highest BCUT2D eigenvalue weighted by Crippen LogP contribution is 2.28. The normalized spacial score (nSPS) is 19.4. The second kappa shape index (κ2) is 12.3. The van der Waals surface area contributed by atoms with Crippen LogP contribution < -0.4 is 20.7 Å². The number of nitrogens with one attached hydrogen (secondary N) is 3. The Labute approximate surface area is 177 Å². The lowest BCUT2D eigenvalue weighted by atomic mass is 10.2. The fourth-order valence-electron chi connectivity index (χ4n) is 2.88. The number of anilines is 1. The minimum absolute atomic E-state index is 0. The highest BCUT2D eigenvalue weighted by molar-refractivity contribution is 14.0. The van der Waals surface area contributed by atoms with Gasteiger partial charge in [0, 0.05) is 37.0 Å². The Morgan fingerprint density at radius 2 is 2.19 bits per heavy atom. The van der Waals surface area contributed by atoms with E-state index < -0.39 is 0 Å². The van der Waals surface area contributed by atoms with Gasteiger partial charge in [-0.3, -0.25) is 9.79 Å². The third kappa shape index (κ3) is 8.03. The van der Waals surface area contributed by atoms with Crippen molar-refractivity contribution >= 4 is 53.3 Å². The van der Waals surface area contributed by atoms with Crippen LogP contribution in [0.15, 0.2) is 29.3 Å². The standard InChI is InChI=1S/C18H28N4O2S.HI/c1-13(23)21-14-5-4-6-16(11-14)24-10-9-20-18(19-2)22-15-7-8-17(12-15)25-3;/h4-6,11,15,17H,7-10,12H2,1-3H3,(H,21,23)(H2,19,20,22);1H. The van der Waals surface area contributed by atoms with Crippen molar-refractivity contribution in [3.63, 3.8) is 0 Å². The van der Waals surface area contributed by atoms with Crippen LogP contribution in [0, 0.1) is 0 Å². The van der Waals surface area contributed by atoms with Gasteiger partial charge in [-0.25, -0.2) is 0 Å². The van der Waals surface area contributed by atoms with E-state index in [4.69, 9.17) is 4.74 Å². The fraction of sp³-hybridized carbons (Fsp3) is 0.556. The number of hydrogen-bond donors (Lipinski definition) is 3. The van der Waals surface area contributed by atoms with Gasteiger partial charge >= 0.3 is 0 Å². The summed E-state index contributed by atoms with van der Waals surface area (Å²) in [6.07, 6.45) is 5.83. The van der Waals surface area contributed by atoms with E-state index in [1.54, 1.807) is 7.05 Å². The molecule has 1 aliphatic carbocycles. The van der Waals surface area contributed by atoms with Gasteiger partial charge in [-0.05, 0) is 37.7 Å². The Balaban J connectivity index is 0.00000338. The van der Waals surface area contributed by atoms with E-state index in [1.807, 2.05) is 36.0 Å². The number of nitrogens with zero attached hydrogens (tertiary/aromatic N) is 1. The van der Waals surface area contributed by atoms with Gasteiger partial charge in [-0.2, -0.15) is 11.8 Å². The molecule has 26 heavy (non-hydrogen) atoms. The molecule has 1 fully saturated rings. The van der Waals surface area contributed by atoms with Gasteiger partial charge < -0.3 is 20.7 Å². The average Bonchev–Trinajstić information content (AvgIpc) is 3.05. The number of guanidine groups is 1. The van der Waals surface area contributed by atoms with E-state index in [-0.39, 0.29) is 29.9 Å². The first kappa shape index (κ1) is 22.9. The molecule has 0 spiro atoms. The Bertz CT molecular complexity index is 600. The molecule has 1 saturated carbocycles. The second-order valence-corrected chi connectivity index (χ2v) is 7.21. The summed E-state index contributed by atoms with van der Waals surface area (Å²) in [5.41, 5.74) is 0.736. The van der Waals surface area contributed by atoms with E-state index in [1.165, 1.54) is 26.2 Å². The fourth-order valence-corrected chi connectivity index (χ4v) is 3.68. The van der Waals surface area contributed by atoms with Crippen LogP contribution in [0.25, 0.3) is 0 Å². The lowest BCUT2D eigenvalue weighted by molar-refractivity contribution is -0.114. The van der Waals surface area contributed by atoms with Gasteiger partial charge in [0.2, 0.25) is 5.91 Å². The predicted molar refractivity (Wildman–Crippen MR) is 121 cm³/mol. The van der Waals surface area contributed by atoms with E-state index >= 15 is 0 Å². The molecule has 0 aromatic heterocycles. The predicted octanol–water partition coefficient (Wildman–Crippen LogP) is 3.09. The Morgan fingerprint density at radius 3 is 2.85 bits per heavy atom. The zero-order chi connectivity index (χ0) is 18.1. The molecule has 2 unspecified atom stereocenters. The molecule has 0 aliphatic heterocycles. The number of aliphatic imine (C=N–C) groups is 1. The van der Waals surface area contributed by atoms with Gasteiger partial charge in [-0.15, -0.1) is 24.0 Å². The molecule has 0 saturated heterocycles. The molecular formula is C18H29IN4O2S. The van der Waals surface area contributed by atoms with Crippen molar-refractivity contribution in [2.45, 2.75) is 37.5 Å². The SMILES string of the molecule is CN=C(NCCOc1cccc(NC(C)=O)c1)NC1CCC(SC)C1.I. The third-order valence-corrected chi connectivity index (χ3v) is 5.19. The minimum atomic E-state index is -0.0932. The lowest BCUT2D eigenvalue weighted by Gasteiger charge is -2.17. The Morgan fingerprint density at radius 1 is 1.38 bits per heavy atom. The molecule has 8 heteroatoms. The van der Waals surface area contributed by atoms with Crippen molar-refractivity contribution in [1.82, 2.24) is 10.6 Å². The Hall–Kier alpha value is -1.16. The lowest BCUT2D eigenvalue weighted by Crippen LogP contribution is -2.43. The molecule has 3 N–H and O–H groups in total. The number of thioether (sulfide) groups is 1. The molecule has 1 aromatic rings. The van der Waals surface area contributed by atoms with Gasteiger partial charge in [0.1, 0.15) is 12.4 Å². The summed E-state index contributed by atoms with van der Waals surface area (Å²) in [5.74, 6) is 1.46. The number of carbonyl (C=O) groups is 1. The zero-order valence-corrected chi connectivity index (χ0v) is 18.7. The van der Waals surface area contributed by atoms with Crippen molar-refractivity contribution < 1.29 is 9.53 Å². The number of amides is 1. The van der Waals surface area contributed by atoms with E-state index in [2.05, 4.69) is 27.2 Å². The average molecular weight is 492 g/mol. The molecule has 1 aliphatic rings. The van der Waals surface area contributed by atoms with Crippen molar-refractivity contribution in [1.29, 1.82) is 0 Å². The summed E-state index contributed by atoms with van der Waals surface area (Å²) < 4.78 is 5.73. The van der Waals surface area contributed by atoms with Crippen molar-refractivity contribution in [2.75, 3.05) is 31.8 Å². The van der Waals surface area contributed by atoms with Crippen LogP contribution in [-0.2, 0) is 4.79 Å². The minimum Gasteiger partial charge on any atom is -0.492 e. The van der Waals surface area contributed by atoms with Gasteiger partial charge in [0.15, 0.2) is 5.96 Å². The monoisotopic (exact) mass is 492 g/mol. The molecule has 0 heterocycles. The van der Waals surface area contributed by atoms with E-state index in [9.17, 15) is 4.79 Å². The maximum atomic E-state index is 11.1. The number of hydrogen-bond acceptors (Lipinski definition) is 4. The van der Waals surface area contributed by atoms with Crippen LogP contribution in [0.1, 0.15) is 26.2 Å². The van der Waals surface area contributed by atoms with Crippen LogP contribution in [0.3, 0.4) is 0 Å². The summed E-state index contributed by atoms with van der Waals surface area (Å²) >= 11 is 1.95. The number of carbonyl (C=O) groups excluding carboxylic acids is 1. The molecule has 2 rings (SSSR count). The van der Waals surface area contributed by atoms with Crippen LogP contribution in [0.2, 0.25) is 0 Å². The van der Waals surface area contributed by atoms with E-state index in [0.29, 0.717) is 19.2 Å². The summed E-state index contributed by atoms with van der Waals surface area (Å²) in [7, 11) is 1.79. The van der Waals surface area contributed by atoms with Gasteiger partial charge in [0.05, 0.1) is 6.54 Å². The molecule has 6 nitrogen and oxygen atoms in total. The van der Waals surface area contributed by atoms with Crippen LogP contribution in [-0.4, -0.2) is 49.6 Å². The van der Waals surface area contributed by atoms with Crippen LogP contribution >= 0.6 is 35.7 Å². The summed E-state index contributed by atoms with van der Waals surface area (Å²) in [6.45, 7) is 2.66. The van der Waals surface area contributed by atoms with E-state index in [0.717, 1.165) is 22.6 Å². The topological polar surface area (TPSA) is 74.8 Å². The Kier molecular flexibility index (Phi) is 10.8. The molecule has 0 radical (unpaired) electrons. The quantitative estimate of drug-likeness (QED) is 0.236. The van der Waals surface area contributed by atoms with Crippen molar-refractivity contribution in [3.8, 4) is 5.75 Å². The summed E-state index contributed by atoms with van der Waals surface area (Å²) in [5, 5.41) is 10.3. The number of halogens is 1. The van der Waals surface area contributed by atoms with Crippen LogP contribution in [0.5, 0.6) is 5.75 Å². The first-order valence-electron chi connectivity index (χ1n) is 8.61. The zero-order valence-electron chi connectivity index (χ0n) is 15.6. The third-order valence-electron chi connectivity index (χ3n) is 4.10. The molecule has 146 valence electrons. The second-order valence-electron chi connectivity index (χ2n) is 6.07. The maximum absolute atomic E-state index is 11.1. The molecule has 2 atom stereocenters. The number of benzene rings is 1. The molecular weight excluding hydrogens is 463 g/mol. The van der Waals surface area contributed by atoms with Crippen molar-refractivity contribution in [3.05, 3.63) is 24.3 Å². The largest absolute Gasteiger partial charge is 0.492 e. The smallest absolute Gasteiger partial charge is 0.221 e. The maximum Gasteiger partial charge on any atom is 0.221 e. The van der Waals surface area contributed by atoms with Gasteiger partial charge in [0.25, 0.3) is 0 Å². The summed E-state index contributed by atoms with van der Waals surface area (Å²) in [6, 6.07) is 7.88. The van der Waals surface area contributed by atoms with Crippen LogP contribution in [0.4, 0.5) is 5.69 Å².